The van der Waals surface area contributed by atoms with Crippen molar-refractivity contribution < 1.29 is 13.2 Å². The average Bonchev–Trinajstić information content (AvgIpc) is 2.29. The summed E-state index contributed by atoms with van der Waals surface area (Å²) in [7, 11) is 1.38. The van der Waals surface area contributed by atoms with Crippen molar-refractivity contribution in [2.45, 2.75) is 51.0 Å². The minimum atomic E-state index is -3.94. The van der Waals surface area contributed by atoms with Gasteiger partial charge < -0.3 is 5.32 Å². The van der Waals surface area contributed by atoms with Gasteiger partial charge in [0.2, 0.25) is 0 Å². The van der Waals surface area contributed by atoms with E-state index in [2.05, 4.69) is 5.32 Å². The molecule has 4 nitrogen and oxygen atoms in total. The van der Waals surface area contributed by atoms with Crippen molar-refractivity contribution in [3.63, 3.8) is 0 Å². The van der Waals surface area contributed by atoms with Gasteiger partial charge in [-0.15, -0.1) is 0 Å². The number of halogens is 2. The Morgan fingerprint density at radius 1 is 1.33 bits per heavy atom. The minimum absolute atomic E-state index is 0.182. The second-order valence-electron chi connectivity index (χ2n) is 5.60. The number of carbonyl (C=O) groups excluding carboxylic acids is 1. The van der Waals surface area contributed by atoms with E-state index >= 15 is 0 Å². The smallest absolute Gasteiger partial charge is 0.261 e. The second kappa shape index (κ2) is 6.55. The molecule has 1 N–H and O–H groups in total. The molecule has 0 aliphatic heterocycles. The third-order valence-corrected chi connectivity index (χ3v) is 4.90. The maximum Gasteiger partial charge on any atom is 0.261 e. The maximum absolute atomic E-state index is 12.4. The Morgan fingerprint density at radius 3 is 2.38 bits per heavy atom. The minimum Gasteiger partial charge on any atom is -0.347 e. The van der Waals surface area contributed by atoms with E-state index in [9.17, 15) is 13.2 Å². The standard InChI is InChI=1S/C14H19Cl2NO3S/c1-5-6-14(3,4)17-13(18)11-7-10(21(16,19)20)8-12(15)9(11)2/h7-8H,5-6H2,1-4H3,(H,17,18). The summed E-state index contributed by atoms with van der Waals surface area (Å²) in [5.41, 5.74) is 0.345. The van der Waals surface area contributed by atoms with Crippen molar-refractivity contribution in [2.75, 3.05) is 0 Å². The van der Waals surface area contributed by atoms with E-state index in [1.165, 1.54) is 12.1 Å². The molecule has 0 atom stereocenters. The summed E-state index contributed by atoms with van der Waals surface area (Å²) in [5.74, 6) is -0.366. The number of hydrogen-bond acceptors (Lipinski definition) is 3. The van der Waals surface area contributed by atoms with Crippen molar-refractivity contribution >= 4 is 37.2 Å². The molecule has 0 heterocycles. The average molecular weight is 352 g/mol. The lowest BCUT2D eigenvalue weighted by Crippen LogP contribution is -2.43. The van der Waals surface area contributed by atoms with E-state index in [1.54, 1.807) is 6.92 Å². The van der Waals surface area contributed by atoms with Gasteiger partial charge in [0.25, 0.3) is 15.0 Å². The SMILES string of the molecule is CCCC(C)(C)NC(=O)c1cc(S(=O)(=O)Cl)cc(Cl)c1C. The van der Waals surface area contributed by atoms with Gasteiger partial charge in [-0.25, -0.2) is 8.42 Å². The molecule has 118 valence electrons. The summed E-state index contributed by atoms with van der Waals surface area (Å²) < 4.78 is 22.9. The molecule has 0 radical (unpaired) electrons. The van der Waals surface area contributed by atoms with E-state index in [0.717, 1.165) is 12.8 Å². The van der Waals surface area contributed by atoms with Crippen LogP contribution in [0, 0.1) is 6.92 Å². The fourth-order valence-electron chi connectivity index (χ4n) is 2.09. The highest BCUT2D eigenvalue weighted by molar-refractivity contribution is 8.13. The molecule has 1 aromatic rings. The van der Waals surface area contributed by atoms with Crippen LogP contribution in [-0.2, 0) is 9.05 Å². The molecule has 1 rings (SSSR count). The summed E-state index contributed by atoms with van der Waals surface area (Å²) >= 11 is 6.00. The van der Waals surface area contributed by atoms with Gasteiger partial charge in [-0.1, -0.05) is 24.9 Å². The van der Waals surface area contributed by atoms with Crippen molar-refractivity contribution in [1.82, 2.24) is 5.32 Å². The first-order valence-electron chi connectivity index (χ1n) is 6.55. The molecule has 0 aliphatic rings. The Hall–Kier alpha value is -0.780. The Bertz CT molecular complexity index is 654. The van der Waals surface area contributed by atoms with Crippen LogP contribution in [0.4, 0.5) is 0 Å². The van der Waals surface area contributed by atoms with Gasteiger partial charge in [0, 0.05) is 26.8 Å². The number of carbonyl (C=O) groups is 1. The topological polar surface area (TPSA) is 63.2 Å². The predicted octanol–water partition coefficient (Wildman–Crippen LogP) is 3.88. The zero-order valence-corrected chi connectivity index (χ0v) is 14.8. The maximum atomic E-state index is 12.4. The molecule has 0 unspecified atom stereocenters. The van der Waals surface area contributed by atoms with E-state index in [1.807, 2.05) is 20.8 Å². The number of hydrogen-bond donors (Lipinski definition) is 1. The highest BCUT2D eigenvalue weighted by Crippen LogP contribution is 2.27. The Morgan fingerprint density at radius 2 is 1.90 bits per heavy atom. The summed E-state index contributed by atoms with van der Waals surface area (Å²) in [6.07, 6.45) is 1.72. The largest absolute Gasteiger partial charge is 0.347 e. The number of benzene rings is 1. The van der Waals surface area contributed by atoms with Crippen molar-refractivity contribution in [3.8, 4) is 0 Å². The molecule has 0 aromatic heterocycles. The lowest BCUT2D eigenvalue weighted by molar-refractivity contribution is 0.0908. The molecular weight excluding hydrogens is 333 g/mol. The molecule has 0 bridgehead atoms. The van der Waals surface area contributed by atoms with Gasteiger partial charge in [-0.05, 0) is 44.9 Å². The number of nitrogens with one attached hydrogen (secondary N) is 1. The van der Waals surface area contributed by atoms with Gasteiger partial charge in [-0.2, -0.15) is 0 Å². The van der Waals surface area contributed by atoms with Crippen LogP contribution >= 0.6 is 22.3 Å². The van der Waals surface area contributed by atoms with Crippen LogP contribution < -0.4 is 5.32 Å². The Balaban J connectivity index is 3.24. The highest BCUT2D eigenvalue weighted by atomic mass is 35.7. The van der Waals surface area contributed by atoms with E-state index in [0.29, 0.717) is 5.56 Å². The van der Waals surface area contributed by atoms with Crippen molar-refractivity contribution in [1.29, 1.82) is 0 Å². The van der Waals surface area contributed by atoms with Crippen molar-refractivity contribution in [3.05, 3.63) is 28.3 Å². The fourth-order valence-corrected chi connectivity index (χ4v) is 3.16. The molecule has 0 fully saturated rings. The summed E-state index contributed by atoms with van der Waals surface area (Å²) in [5, 5.41) is 3.07. The quantitative estimate of drug-likeness (QED) is 0.818. The number of amides is 1. The molecule has 0 saturated carbocycles. The first kappa shape index (κ1) is 18.3. The predicted molar refractivity (Wildman–Crippen MR) is 85.7 cm³/mol. The second-order valence-corrected chi connectivity index (χ2v) is 8.58. The zero-order valence-electron chi connectivity index (χ0n) is 12.5. The molecule has 0 aliphatic carbocycles. The van der Waals surface area contributed by atoms with Crippen molar-refractivity contribution in [2.24, 2.45) is 0 Å². The van der Waals surface area contributed by atoms with E-state index in [-0.39, 0.29) is 26.9 Å². The van der Waals surface area contributed by atoms with Gasteiger partial charge >= 0.3 is 0 Å². The van der Waals surface area contributed by atoms with E-state index in [4.69, 9.17) is 22.3 Å². The lowest BCUT2D eigenvalue weighted by atomic mass is 9.97. The Kier molecular flexibility index (Phi) is 5.69. The summed E-state index contributed by atoms with van der Waals surface area (Å²) in [6, 6.07) is 2.49. The monoisotopic (exact) mass is 351 g/mol. The summed E-state index contributed by atoms with van der Waals surface area (Å²) in [4.78, 5) is 12.2. The van der Waals surface area contributed by atoms with Crippen LogP contribution in [0.3, 0.4) is 0 Å². The highest BCUT2D eigenvalue weighted by Gasteiger charge is 2.23. The Labute approximate surface area is 135 Å². The zero-order chi connectivity index (χ0) is 16.4. The molecule has 7 heteroatoms. The van der Waals surface area contributed by atoms with Crippen LogP contribution in [0.1, 0.15) is 49.5 Å². The molecule has 0 saturated heterocycles. The van der Waals surface area contributed by atoms with E-state index < -0.39 is 9.05 Å². The summed E-state index contributed by atoms with van der Waals surface area (Å²) in [6.45, 7) is 7.51. The van der Waals surface area contributed by atoms with Gasteiger partial charge in [0.15, 0.2) is 0 Å². The van der Waals surface area contributed by atoms with Crippen LogP contribution in [0.2, 0.25) is 5.02 Å². The lowest BCUT2D eigenvalue weighted by Gasteiger charge is -2.26. The first-order chi connectivity index (χ1) is 9.48. The molecule has 21 heavy (non-hydrogen) atoms. The fraction of sp³-hybridized carbons (Fsp3) is 0.500. The van der Waals surface area contributed by atoms with Crippen LogP contribution in [0.15, 0.2) is 17.0 Å². The third kappa shape index (κ3) is 4.87. The molecule has 0 spiro atoms. The first-order valence-corrected chi connectivity index (χ1v) is 9.24. The van der Waals surface area contributed by atoms with Gasteiger partial charge in [0.05, 0.1) is 4.90 Å². The third-order valence-electron chi connectivity index (χ3n) is 3.17. The molecule has 1 amide bonds. The van der Waals surface area contributed by atoms with Gasteiger partial charge in [0.1, 0.15) is 0 Å². The van der Waals surface area contributed by atoms with Crippen LogP contribution in [0.25, 0.3) is 0 Å². The molecule has 1 aromatic carbocycles. The van der Waals surface area contributed by atoms with Crippen LogP contribution in [-0.4, -0.2) is 19.9 Å². The van der Waals surface area contributed by atoms with Gasteiger partial charge in [-0.3, -0.25) is 4.79 Å². The van der Waals surface area contributed by atoms with Crippen LogP contribution in [0.5, 0.6) is 0 Å². The molecular formula is C14H19Cl2NO3S. The normalized spacial score (nSPS) is 12.3. The number of rotatable bonds is 5.